The molecular weight excluding hydrogens is 560 g/mol. The monoisotopic (exact) mass is 593 g/mol. The van der Waals surface area contributed by atoms with Gasteiger partial charge in [-0.05, 0) is 74.1 Å². The lowest BCUT2D eigenvalue weighted by atomic mass is 9.92. The molecule has 2 aromatic heterocycles. The molecule has 4 saturated heterocycles. The SMILES string of the molecule is C#Cc1c(F)ccc2cc(N)cc(-c3ncc4c(N5C[C@H]6CC[C@@H](C5)N6)nc(OC[C@@]56CCCN5C[C@H]5C[C@H]56)nc4c3F)c12. The van der Waals surface area contributed by atoms with Crippen molar-refractivity contribution in [3.63, 3.8) is 0 Å². The van der Waals surface area contributed by atoms with E-state index in [2.05, 4.69) is 31.0 Å². The molecule has 10 heteroatoms. The van der Waals surface area contributed by atoms with Gasteiger partial charge in [0.2, 0.25) is 0 Å². The molecule has 9 rings (SSSR count). The molecule has 0 spiro atoms. The molecule has 5 fully saturated rings. The first-order valence-corrected chi connectivity index (χ1v) is 15.7. The van der Waals surface area contributed by atoms with Crippen LogP contribution >= 0.6 is 0 Å². The normalized spacial score (nSPS) is 28.8. The summed E-state index contributed by atoms with van der Waals surface area (Å²) in [6, 6.07) is 7.06. The van der Waals surface area contributed by atoms with E-state index >= 15 is 4.39 Å². The minimum Gasteiger partial charge on any atom is -0.461 e. The van der Waals surface area contributed by atoms with Crippen molar-refractivity contribution in [2.24, 2.45) is 11.8 Å². The highest BCUT2D eigenvalue weighted by molar-refractivity contribution is 6.03. The fraction of sp³-hybridized carbons (Fsp3) is 0.441. The number of nitrogens with zero attached hydrogens (tertiary/aromatic N) is 5. The highest BCUT2D eigenvalue weighted by Gasteiger charge is 2.63. The van der Waals surface area contributed by atoms with E-state index < -0.39 is 11.6 Å². The standard InChI is InChI=1S/C34H33F2N7O/c1-2-23-27(35)7-4-18-10-20(37)12-24(28(18)23)30-29(36)31-25(13-38-30)32(42-15-21-5-6-22(16-42)39-21)41-33(40-31)44-17-34-8-3-9-43(34)14-19-11-26(19)34/h1,4,7,10,12-13,19,21-22,26,39H,3,5-6,8-9,11,14-17,37H2/t19-,21-,22+,26-,34-/m1/s1. The second kappa shape index (κ2) is 9.46. The van der Waals surface area contributed by atoms with Gasteiger partial charge in [-0.15, -0.1) is 6.42 Å². The van der Waals surface area contributed by atoms with Gasteiger partial charge in [0.15, 0.2) is 5.82 Å². The van der Waals surface area contributed by atoms with Gasteiger partial charge in [0.1, 0.15) is 29.5 Å². The van der Waals surface area contributed by atoms with E-state index in [0.717, 1.165) is 57.8 Å². The third-order valence-corrected chi connectivity index (χ3v) is 10.8. The minimum atomic E-state index is -0.642. The molecule has 2 bridgehead atoms. The maximum Gasteiger partial charge on any atom is 0.319 e. The molecule has 224 valence electrons. The molecule has 6 heterocycles. The Morgan fingerprint density at radius 1 is 1.14 bits per heavy atom. The predicted octanol–water partition coefficient (Wildman–Crippen LogP) is 4.49. The zero-order valence-electron chi connectivity index (χ0n) is 24.3. The summed E-state index contributed by atoms with van der Waals surface area (Å²) < 4.78 is 38.1. The summed E-state index contributed by atoms with van der Waals surface area (Å²) in [7, 11) is 0. The van der Waals surface area contributed by atoms with Crippen LogP contribution in [0.5, 0.6) is 6.01 Å². The second-order valence-corrected chi connectivity index (χ2v) is 13.3. The number of piperazine rings is 1. The number of nitrogens with one attached hydrogen (secondary N) is 1. The number of hydrogen-bond donors (Lipinski definition) is 2. The Kier molecular flexibility index (Phi) is 5.67. The zero-order valence-corrected chi connectivity index (χ0v) is 24.3. The molecule has 1 saturated carbocycles. The van der Waals surface area contributed by atoms with Crippen LogP contribution in [0.4, 0.5) is 20.3 Å². The first kappa shape index (κ1) is 26.3. The number of nitrogen functional groups attached to an aromatic ring is 1. The predicted molar refractivity (Wildman–Crippen MR) is 165 cm³/mol. The molecule has 5 atom stereocenters. The van der Waals surface area contributed by atoms with Gasteiger partial charge in [-0.25, -0.2) is 8.78 Å². The van der Waals surface area contributed by atoms with E-state index in [0.29, 0.717) is 57.8 Å². The first-order valence-electron chi connectivity index (χ1n) is 15.7. The van der Waals surface area contributed by atoms with Gasteiger partial charge < -0.3 is 20.7 Å². The molecule has 0 amide bonds. The molecule has 5 aliphatic rings. The van der Waals surface area contributed by atoms with Crippen molar-refractivity contribution >= 4 is 33.2 Å². The number of fused-ring (bicyclic) bond motifs is 7. The zero-order chi connectivity index (χ0) is 29.7. The van der Waals surface area contributed by atoms with Gasteiger partial charge in [-0.1, -0.05) is 12.0 Å². The molecule has 0 radical (unpaired) electrons. The highest BCUT2D eigenvalue weighted by Crippen LogP contribution is 2.59. The van der Waals surface area contributed by atoms with Crippen molar-refractivity contribution in [3.05, 3.63) is 47.7 Å². The van der Waals surface area contributed by atoms with Crippen LogP contribution in [-0.2, 0) is 0 Å². The lowest BCUT2D eigenvalue weighted by Crippen LogP contribution is -2.51. The molecule has 0 unspecified atom stereocenters. The Bertz CT molecular complexity index is 1900. The lowest BCUT2D eigenvalue weighted by molar-refractivity contribution is 0.0829. The van der Waals surface area contributed by atoms with Crippen molar-refractivity contribution in [1.82, 2.24) is 25.2 Å². The average Bonchev–Trinajstić information content (AvgIpc) is 3.39. The summed E-state index contributed by atoms with van der Waals surface area (Å²) in [5.41, 5.74) is 7.13. The first-order chi connectivity index (χ1) is 21.4. The number of rotatable bonds is 5. The molecule has 1 aliphatic carbocycles. The number of anilines is 2. The van der Waals surface area contributed by atoms with Crippen molar-refractivity contribution in [3.8, 4) is 29.6 Å². The number of halogens is 2. The van der Waals surface area contributed by atoms with Gasteiger partial charge in [-0.2, -0.15) is 9.97 Å². The molecule has 4 aromatic rings. The third-order valence-electron chi connectivity index (χ3n) is 10.8. The van der Waals surface area contributed by atoms with Crippen molar-refractivity contribution < 1.29 is 13.5 Å². The smallest absolute Gasteiger partial charge is 0.319 e. The van der Waals surface area contributed by atoms with Crippen molar-refractivity contribution in [1.29, 1.82) is 0 Å². The maximum absolute atomic E-state index is 16.8. The maximum atomic E-state index is 16.8. The van der Waals surface area contributed by atoms with Gasteiger partial charge in [0, 0.05) is 54.6 Å². The fourth-order valence-corrected chi connectivity index (χ4v) is 8.78. The summed E-state index contributed by atoms with van der Waals surface area (Å²) in [6.45, 7) is 4.26. The van der Waals surface area contributed by atoms with Crippen LogP contribution in [0, 0.1) is 35.8 Å². The van der Waals surface area contributed by atoms with Crippen LogP contribution in [-0.4, -0.2) is 70.3 Å². The van der Waals surface area contributed by atoms with E-state index in [1.54, 1.807) is 24.4 Å². The number of nitrogens with two attached hydrogens (primary N) is 1. The highest BCUT2D eigenvalue weighted by atomic mass is 19.1. The van der Waals surface area contributed by atoms with Gasteiger partial charge in [0.25, 0.3) is 0 Å². The van der Waals surface area contributed by atoms with Gasteiger partial charge in [-0.3, -0.25) is 9.88 Å². The van der Waals surface area contributed by atoms with Crippen LogP contribution in [0.3, 0.4) is 0 Å². The van der Waals surface area contributed by atoms with Gasteiger partial charge in [0.05, 0.1) is 16.5 Å². The van der Waals surface area contributed by atoms with E-state index in [1.807, 2.05) is 0 Å². The summed E-state index contributed by atoms with van der Waals surface area (Å²) in [4.78, 5) is 19.0. The molecule has 4 aliphatic heterocycles. The summed E-state index contributed by atoms with van der Waals surface area (Å²) in [6.07, 6.45) is 13.1. The lowest BCUT2D eigenvalue weighted by Gasteiger charge is -2.35. The Morgan fingerprint density at radius 2 is 1.98 bits per heavy atom. The van der Waals surface area contributed by atoms with E-state index in [4.69, 9.17) is 21.9 Å². The number of terminal acetylenes is 1. The van der Waals surface area contributed by atoms with Crippen LogP contribution in [0.1, 0.15) is 37.7 Å². The second-order valence-electron chi connectivity index (χ2n) is 13.3. The molecule has 8 nitrogen and oxygen atoms in total. The third kappa shape index (κ3) is 3.85. The Balaban J connectivity index is 1.19. The van der Waals surface area contributed by atoms with Crippen LogP contribution < -0.4 is 20.7 Å². The van der Waals surface area contributed by atoms with Crippen molar-refractivity contribution in [2.45, 2.75) is 49.7 Å². The number of aromatic nitrogens is 3. The summed E-state index contributed by atoms with van der Waals surface area (Å²) in [5.74, 6) is 3.28. The number of pyridine rings is 1. The number of benzene rings is 2. The van der Waals surface area contributed by atoms with Crippen molar-refractivity contribution in [2.75, 3.05) is 43.4 Å². The van der Waals surface area contributed by atoms with Crippen LogP contribution in [0.25, 0.3) is 32.9 Å². The van der Waals surface area contributed by atoms with E-state index in [1.165, 1.54) is 12.5 Å². The van der Waals surface area contributed by atoms with E-state index in [9.17, 15) is 4.39 Å². The molecule has 44 heavy (non-hydrogen) atoms. The molecule has 3 N–H and O–H groups in total. The number of piperidine rings is 1. The topological polar surface area (TPSA) is 92.4 Å². The summed E-state index contributed by atoms with van der Waals surface area (Å²) in [5, 5.41) is 5.17. The quantitative estimate of drug-likeness (QED) is 0.259. The summed E-state index contributed by atoms with van der Waals surface area (Å²) >= 11 is 0. The molecule has 2 aromatic carbocycles. The van der Waals surface area contributed by atoms with E-state index in [-0.39, 0.29) is 28.3 Å². The Hall–Kier alpha value is -4.07. The van der Waals surface area contributed by atoms with Crippen LogP contribution in [0.2, 0.25) is 0 Å². The minimum absolute atomic E-state index is 0.00468. The molecular formula is C34H33F2N7O. The fourth-order valence-electron chi connectivity index (χ4n) is 8.78. The van der Waals surface area contributed by atoms with Crippen LogP contribution in [0.15, 0.2) is 30.5 Å². The number of ether oxygens (including phenoxy) is 1. The Morgan fingerprint density at radius 3 is 2.80 bits per heavy atom. The Labute approximate surface area is 254 Å². The van der Waals surface area contributed by atoms with Gasteiger partial charge >= 0.3 is 6.01 Å². The average molecular weight is 594 g/mol. The number of hydrogen-bond acceptors (Lipinski definition) is 8. The largest absolute Gasteiger partial charge is 0.461 e.